The Morgan fingerprint density at radius 2 is 1.84 bits per heavy atom. The topological polar surface area (TPSA) is 76.1 Å². The lowest BCUT2D eigenvalue weighted by molar-refractivity contribution is 0.102. The van der Waals surface area contributed by atoms with E-state index in [9.17, 15) is 13.2 Å². The minimum atomic E-state index is -3.27. The fourth-order valence-electron chi connectivity index (χ4n) is 2.58. The van der Waals surface area contributed by atoms with E-state index in [2.05, 4.69) is 16.4 Å². The highest BCUT2D eigenvalue weighted by Gasteiger charge is 2.14. The number of thiazole rings is 1. The predicted octanol–water partition coefficient (Wildman–Crippen LogP) is 3.96. The molecule has 1 amide bonds. The molecule has 1 heterocycles. The van der Waals surface area contributed by atoms with Crippen LogP contribution in [0, 0.1) is 13.8 Å². The molecule has 130 valence electrons. The monoisotopic (exact) mass is 374 g/mol. The van der Waals surface area contributed by atoms with Gasteiger partial charge in [0.2, 0.25) is 0 Å². The third-order valence-electron chi connectivity index (χ3n) is 3.90. The number of sulfone groups is 1. The molecule has 0 aliphatic heterocycles. The number of rotatable bonds is 4. The van der Waals surface area contributed by atoms with Gasteiger partial charge in [-0.15, -0.1) is 0 Å². The number of carbonyl (C=O) groups is 1. The van der Waals surface area contributed by atoms with Crippen molar-refractivity contribution in [1.29, 1.82) is 0 Å². The molecule has 0 atom stereocenters. The number of benzene rings is 2. The van der Waals surface area contributed by atoms with Gasteiger partial charge in [-0.3, -0.25) is 10.1 Å². The zero-order valence-corrected chi connectivity index (χ0v) is 15.8. The Hall–Kier alpha value is -2.25. The van der Waals surface area contributed by atoms with Gasteiger partial charge >= 0.3 is 0 Å². The number of hydrogen-bond acceptors (Lipinski definition) is 5. The number of hydrogen-bond donors (Lipinski definition) is 1. The molecule has 0 aliphatic rings. The highest BCUT2D eigenvalue weighted by atomic mass is 32.2. The fraction of sp³-hybridized carbons (Fsp3) is 0.222. The minimum absolute atomic E-state index is 0.0308. The third-order valence-corrected chi connectivity index (χ3v) is 6.77. The Morgan fingerprint density at radius 3 is 2.48 bits per heavy atom. The summed E-state index contributed by atoms with van der Waals surface area (Å²) in [6, 6.07) is 10.0. The van der Waals surface area contributed by atoms with Crippen LogP contribution in [0.3, 0.4) is 0 Å². The second-order valence-electron chi connectivity index (χ2n) is 5.83. The molecule has 0 radical (unpaired) electrons. The van der Waals surface area contributed by atoms with Crippen molar-refractivity contribution < 1.29 is 13.2 Å². The minimum Gasteiger partial charge on any atom is -0.298 e. The summed E-state index contributed by atoms with van der Waals surface area (Å²) in [5.41, 5.74) is 3.51. The smallest absolute Gasteiger partial charge is 0.257 e. The van der Waals surface area contributed by atoms with Crippen LogP contribution < -0.4 is 5.32 Å². The van der Waals surface area contributed by atoms with Crippen LogP contribution >= 0.6 is 11.3 Å². The van der Waals surface area contributed by atoms with E-state index < -0.39 is 9.84 Å². The molecule has 2 aromatic carbocycles. The predicted molar refractivity (Wildman–Crippen MR) is 101 cm³/mol. The summed E-state index contributed by atoms with van der Waals surface area (Å²) < 4.78 is 24.7. The summed E-state index contributed by atoms with van der Waals surface area (Å²) in [7, 11) is -3.27. The Balaban J connectivity index is 1.84. The van der Waals surface area contributed by atoms with E-state index >= 15 is 0 Å². The summed E-state index contributed by atoms with van der Waals surface area (Å²) in [5.74, 6) is -0.280. The van der Waals surface area contributed by atoms with Crippen molar-refractivity contribution in [3.8, 4) is 0 Å². The molecule has 7 heteroatoms. The van der Waals surface area contributed by atoms with Gasteiger partial charge in [0.15, 0.2) is 15.0 Å². The Bertz CT molecular complexity index is 1050. The normalized spacial score (nSPS) is 11.6. The Labute approximate surface area is 150 Å². The van der Waals surface area contributed by atoms with Gasteiger partial charge in [-0.1, -0.05) is 24.3 Å². The number of nitrogens with one attached hydrogen (secondary N) is 1. The zero-order valence-electron chi connectivity index (χ0n) is 14.2. The molecule has 0 saturated heterocycles. The van der Waals surface area contributed by atoms with E-state index in [-0.39, 0.29) is 16.6 Å². The molecule has 0 aliphatic carbocycles. The van der Waals surface area contributed by atoms with Crippen LogP contribution in [0.1, 0.15) is 28.4 Å². The first-order chi connectivity index (χ1) is 11.8. The van der Waals surface area contributed by atoms with Gasteiger partial charge in [-0.2, -0.15) is 0 Å². The van der Waals surface area contributed by atoms with Gasteiger partial charge in [0.25, 0.3) is 5.91 Å². The van der Waals surface area contributed by atoms with Crippen LogP contribution in [0.2, 0.25) is 0 Å². The number of aromatic nitrogens is 1. The average Bonchev–Trinajstić information content (AvgIpc) is 2.97. The lowest BCUT2D eigenvalue weighted by Crippen LogP contribution is -2.12. The van der Waals surface area contributed by atoms with E-state index in [4.69, 9.17) is 0 Å². The summed E-state index contributed by atoms with van der Waals surface area (Å²) in [6.07, 6.45) is 0. The van der Waals surface area contributed by atoms with Gasteiger partial charge in [0.05, 0.1) is 20.9 Å². The van der Waals surface area contributed by atoms with Crippen LogP contribution in [0.15, 0.2) is 41.3 Å². The van der Waals surface area contributed by atoms with E-state index in [1.54, 1.807) is 6.92 Å². The van der Waals surface area contributed by atoms with Gasteiger partial charge in [-0.05, 0) is 55.3 Å². The van der Waals surface area contributed by atoms with Crippen LogP contribution in [0.25, 0.3) is 10.2 Å². The van der Waals surface area contributed by atoms with Crippen molar-refractivity contribution in [3.05, 3.63) is 53.1 Å². The fourth-order valence-corrected chi connectivity index (χ4v) is 4.37. The summed E-state index contributed by atoms with van der Waals surface area (Å²) in [4.78, 5) is 17.1. The van der Waals surface area contributed by atoms with Crippen molar-refractivity contribution in [2.24, 2.45) is 0 Å². The van der Waals surface area contributed by atoms with Crippen molar-refractivity contribution in [2.75, 3.05) is 11.1 Å². The Morgan fingerprint density at radius 1 is 1.16 bits per heavy atom. The summed E-state index contributed by atoms with van der Waals surface area (Å²) in [5, 5.41) is 3.31. The first-order valence-electron chi connectivity index (χ1n) is 7.82. The van der Waals surface area contributed by atoms with Gasteiger partial charge in [-0.25, -0.2) is 13.4 Å². The molecule has 1 N–H and O–H groups in total. The van der Waals surface area contributed by atoms with Crippen molar-refractivity contribution >= 4 is 42.4 Å². The number of amides is 1. The highest BCUT2D eigenvalue weighted by molar-refractivity contribution is 7.91. The molecule has 3 rings (SSSR count). The molecule has 25 heavy (non-hydrogen) atoms. The van der Waals surface area contributed by atoms with Gasteiger partial charge < -0.3 is 0 Å². The van der Waals surface area contributed by atoms with Crippen LogP contribution in [0.5, 0.6) is 0 Å². The van der Waals surface area contributed by atoms with Crippen LogP contribution in [0.4, 0.5) is 5.13 Å². The molecule has 0 unspecified atom stereocenters. The standard InChI is InChI=1S/C18H18N2O3S2/c1-4-25(22,23)14-7-5-13(6-8-14)17(21)20-18-19-15-10-11(2)9-12(3)16(15)24-18/h5-10H,4H2,1-3H3,(H,19,20,21). The lowest BCUT2D eigenvalue weighted by Gasteiger charge is -2.04. The van der Waals surface area contributed by atoms with Gasteiger partial charge in [0.1, 0.15) is 0 Å². The Kier molecular flexibility index (Phi) is 4.62. The second kappa shape index (κ2) is 6.57. The number of nitrogens with zero attached hydrogens (tertiary/aromatic N) is 1. The van der Waals surface area contributed by atoms with E-state index in [1.807, 2.05) is 19.9 Å². The molecule has 0 saturated carbocycles. The maximum absolute atomic E-state index is 12.4. The third kappa shape index (κ3) is 3.57. The largest absolute Gasteiger partial charge is 0.298 e. The highest BCUT2D eigenvalue weighted by Crippen LogP contribution is 2.30. The van der Waals surface area contributed by atoms with Crippen molar-refractivity contribution in [3.63, 3.8) is 0 Å². The van der Waals surface area contributed by atoms with E-state index in [1.165, 1.54) is 35.6 Å². The summed E-state index contributed by atoms with van der Waals surface area (Å²) >= 11 is 1.43. The SMILES string of the molecule is CCS(=O)(=O)c1ccc(C(=O)Nc2nc3cc(C)cc(C)c3s2)cc1. The zero-order chi connectivity index (χ0) is 18.2. The number of carbonyl (C=O) groups excluding carboxylic acids is 1. The number of fused-ring (bicyclic) bond motifs is 1. The molecular weight excluding hydrogens is 356 g/mol. The number of anilines is 1. The quantitative estimate of drug-likeness (QED) is 0.750. The average molecular weight is 374 g/mol. The first kappa shape index (κ1) is 17.6. The van der Waals surface area contributed by atoms with Gasteiger partial charge in [0, 0.05) is 5.56 Å². The van der Waals surface area contributed by atoms with Crippen molar-refractivity contribution in [1.82, 2.24) is 4.98 Å². The van der Waals surface area contributed by atoms with E-state index in [0.717, 1.165) is 21.3 Å². The summed E-state index contributed by atoms with van der Waals surface area (Å²) in [6.45, 7) is 5.62. The molecule has 0 fully saturated rings. The first-order valence-corrected chi connectivity index (χ1v) is 10.3. The maximum Gasteiger partial charge on any atom is 0.257 e. The number of aryl methyl sites for hydroxylation is 2. The van der Waals surface area contributed by atoms with E-state index in [0.29, 0.717) is 10.7 Å². The second-order valence-corrected chi connectivity index (χ2v) is 9.11. The molecule has 5 nitrogen and oxygen atoms in total. The molecule has 0 bridgehead atoms. The molecule has 0 spiro atoms. The molecule has 3 aromatic rings. The van der Waals surface area contributed by atoms with Crippen LogP contribution in [-0.4, -0.2) is 25.1 Å². The molecular formula is C18H18N2O3S2. The maximum atomic E-state index is 12.4. The van der Waals surface area contributed by atoms with Crippen molar-refractivity contribution in [2.45, 2.75) is 25.7 Å². The van der Waals surface area contributed by atoms with Crippen LogP contribution in [-0.2, 0) is 9.84 Å². The molecule has 1 aromatic heterocycles. The lowest BCUT2D eigenvalue weighted by atomic mass is 10.1.